The highest BCUT2D eigenvalue weighted by Gasteiger charge is 2.34. The summed E-state index contributed by atoms with van der Waals surface area (Å²) in [5, 5.41) is 20.0. The summed E-state index contributed by atoms with van der Waals surface area (Å²) >= 11 is 0. The fourth-order valence-electron chi connectivity index (χ4n) is 6.56. The van der Waals surface area contributed by atoms with Gasteiger partial charge in [0.1, 0.15) is 18.2 Å². The Morgan fingerprint density at radius 3 is 1.60 bits per heavy atom. The molecule has 0 aliphatic rings. The van der Waals surface area contributed by atoms with Crippen LogP contribution >= 0.6 is 0 Å². The van der Waals surface area contributed by atoms with E-state index < -0.39 is 35.2 Å². The van der Waals surface area contributed by atoms with Gasteiger partial charge in [0.15, 0.2) is 0 Å². The van der Waals surface area contributed by atoms with Crippen LogP contribution in [0.25, 0.3) is 5.57 Å². The molecule has 286 valence electrons. The molecular formula is C45H65NO6. The molecule has 0 saturated carbocycles. The zero-order valence-electron chi connectivity index (χ0n) is 32.7. The Balaban J connectivity index is 1.78. The predicted molar refractivity (Wildman–Crippen MR) is 209 cm³/mol. The van der Waals surface area contributed by atoms with Gasteiger partial charge >= 0.3 is 17.9 Å². The Labute approximate surface area is 314 Å². The smallest absolute Gasteiger partial charge is 0.349 e. The number of nitrogens with zero attached hydrogens (tertiary/aromatic N) is 1. The van der Waals surface area contributed by atoms with Gasteiger partial charge in [0.05, 0.1) is 18.4 Å². The normalized spacial score (nSPS) is 13.0. The number of esters is 2. The number of aliphatic carboxylic acids is 1. The molecule has 0 radical (unpaired) electrons. The first-order valence-corrected chi connectivity index (χ1v) is 19.8. The largest absolute Gasteiger partial charge is 0.481 e. The van der Waals surface area contributed by atoms with Crippen LogP contribution in [0.5, 0.6) is 0 Å². The molecule has 0 bridgehead atoms. The van der Waals surface area contributed by atoms with Crippen LogP contribution in [0.2, 0.25) is 0 Å². The number of nitriles is 1. The van der Waals surface area contributed by atoms with E-state index in [1.165, 1.54) is 77.0 Å². The molecule has 0 aliphatic carbocycles. The number of rotatable bonds is 27. The van der Waals surface area contributed by atoms with Gasteiger partial charge in [-0.3, -0.25) is 9.59 Å². The van der Waals surface area contributed by atoms with Crippen LogP contribution in [0.15, 0.2) is 66.2 Å². The standard InChI is InChI=1S/C45H65NO6/c1-6-7-8-9-10-11-12-13-14-15-16-17-18-21-26-35(2)31-39(42(47)48)36(3)43(49)51-33-45(4,5)34-52-44(50)40(32-46)41(37-27-22-19-23-28-37)38-29-24-20-25-30-38/h19-20,22-25,27-30,35-36,39H,6-18,21,26,31,33-34H2,1-5H3,(H,47,48). The lowest BCUT2D eigenvalue weighted by molar-refractivity contribution is -0.161. The van der Waals surface area contributed by atoms with E-state index in [0.29, 0.717) is 23.1 Å². The van der Waals surface area contributed by atoms with Crippen LogP contribution < -0.4 is 0 Å². The second kappa shape index (κ2) is 25.1. The molecule has 2 aromatic rings. The lowest BCUT2D eigenvalue weighted by Gasteiger charge is -2.26. The van der Waals surface area contributed by atoms with E-state index in [-0.39, 0.29) is 24.7 Å². The first-order chi connectivity index (χ1) is 25.0. The Morgan fingerprint density at radius 2 is 1.15 bits per heavy atom. The number of carbonyl (C=O) groups excluding carboxylic acids is 2. The summed E-state index contributed by atoms with van der Waals surface area (Å²) in [5.41, 5.74) is 1.01. The molecule has 52 heavy (non-hydrogen) atoms. The summed E-state index contributed by atoms with van der Waals surface area (Å²) < 4.78 is 11.2. The quantitative estimate of drug-likeness (QED) is 0.0424. The maximum atomic E-state index is 13.3. The summed E-state index contributed by atoms with van der Waals surface area (Å²) in [4.78, 5) is 38.5. The first-order valence-electron chi connectivity index (χ1n) is 19.8. The number of carboxylic acids is 1. The zero-order chi connectivity index (χ0) is 38.2. The average molecular weight is 716 g/mol. The van der Waals surface area contributed by atoms with Gasteiger partial charge in [-0.25, -0.2) is 4.79 Å². The van der Waals surface area contributed by atoms with Gasteiger partial charge in [0, 0.05) is 11.0 Å². The minimum absolute atomic E-state index is 0.0692. The Kier molecular flexibility index (Phi) is 21.4. The number of carboxylic acid groups (broad SMARTS) is 1. The highest BCUT2D eigenvalue weighted by atomic mass is 16.5. The Morgan fingerprint density at radius 1 is 0.712 bits per heavy atom. The molecule has 3 atom stereocenters. The van der Waals surface area contributed by atoms with Crippen LogP contribution in [0, 0.1) is 34.5 Å². The monoisotopic (exact) mass is 715 g/mol. The fraction of sp³-hybridized carbons (Fsp3) is 0.600. The summed E-state index contributed by atoms with van der Waals surface area (Å²) in [6, 6.07) is 20.5. The third-order valence-corrected chi connectivity index (χ3v) is 9.89. The highest BCUT2D eigenvalue weighted by Crippen LogP contribution is 2.29. The highest BCUT2D eigenvalue weighted by molar-refractivity contribution is 6.05. The second-order valence-electron chi connectivity index (χ2n) is 15.4. The lowest BCUT2D eigenvalue weighted by atomic mass is 9.84. The summed E-state index contributed by atoms with van der Waals surface area (Å²) in [7, 11) is 0. The van der Waals surface area contributed by atoms with Crippen LogP contribution in [0.3, 0.4) is 0 Å². The predicted octanol–water partition coefficient (Wildman–Crippen LogP) is 11.4. The fourth-order valence-corrected chi connectivity index (χ4v) is 6.56. The molecule has 3 unspecified atom stereocenters. The molecule has 0 amide bonds. The van der Waals surface area contributed by atoms with E-state index in [4.69, 9.17) is 9.47 Å². The van der Waals surface area contributed by atoms with Crippen molar-refractivity contribution in [3.05, 3.63) is 77.4 Å². The van der Waals surface area contributed by atoms with Crippen LogP contribution in [0.4, 0.5) is 0 Å². The molecular weight excluding hydrogens is 650 g/mol. The molecule has 7 heteroatoms. The maximum Gasteiger partial charge on any atom is 0.349 e. The van der Waals surface area contributed by atoms with Crippen LogP contribution in [-0.4, -0.2) is 36.2 Å². The summed E-state index contributed by atoms with van der Waals surface area (Å²) in [5.74, 6) is -3.81. The van der Waals surface area contributed by atoms with Gasteiger partial charge < -0.3 is 14.6 Å². The SMILES string of the molecule is CCCCCCCCCCCCCCCCC(C)CC(C(=O)O)C(C)C(=O)OCC(C)(C)COC(=O)C(C#N)=C(c1ccccc1)c1ccccc1. The number of benzene rings is 2. The minimum Gasteiger partial charge on any atom is -0.481 e. The molecule has 2 aromatic carbocycles. The number of carbonyl (C=O) groups is 3. The Bertz CT molecular complexity index is 1350. The maximum absolute atomic E-state index is 13.3. The molecule has 0 saturated heterocycles. The van der Waals surface area contributed by atoms with Gasteiger partial charge in [-0.1, -0.05) is 192 Å². The van der Waals surface area contributed by atoms with E-state index in [1.54, 1.807) is 20.8 Å². The number of hydrogen-bond donors (Lipinski definition) is 1. The van der Waals surface area contributed by atoms with Crippen molar-refractivity contribution >= 4 is 23.5 Å². The van der Waals surface area contributed by atoms with Crippen molar-refractivity contribution < 1.29 is 29.0 Å². The summed E-state index contributed by atoms with van der Waals surface area (Å²) in [6.07, 6.45) is 19.6. The molecule has 7 nitrogen and oxygen atoms in total. The molecule has 0 aromatic heterocycles. The molecule has 0 fully saturated rings. The Hall–Kier alpha value is -3.92. The third kappa shape index (κ3) is 17.1. The second-order valence-corrected chi connectivity index (χ2v) is 15.4. The first kappa shape index (κ1) is 44.2. The molecule has 0 spiro atoms. The minimum atomic E-state index is -0.992. The van der Waals surface area contributed by atoms with Crippen LogP contribution in [0.1, 0.15) is 148 Å². The number of hydrogen-bond acceptors (Lipinski definition) is 6. The topological polar surface area (TPSA) is 114 Å². The van der Waals surface area contributed by atoms with E-state index in [2.05, 4.69) is 13.8 Å². The van der Waals surface area contributed by atoms with Crippen molar-refractivity contribution in [1.82, 2.24) is 0 Å². The molecule has 1 N–H and O–H groups in total. The number of unbranched alkanes of at least 4 members (excludes halogenated alkanes) is 13. The van der Waals surface area contributed by atoms with Crippen molar-refractivity contribution in [3.63, 3.8) is 0 Å². The van der Waals surface area contributed by atoms with E-state index in [0.717, 1.165) is 19.3 Å². The molecule has 2 rings (SSSR count). The lowest BCUT2D eigenvalue weighted by Crippen LogP contribution is -2.34. The third-order valence-electron chi connectivity index (χ3n) is 9.89. The molecule has 0 heterocycles. The van der Waals surface area contributed by atoms with Gasteiger partial charge in [-0.15, -0.1) is 0 Å². The van der Waals surface area contributed by atoms with Gasteiger partial charge in [0.2, 0.25) is 0 Å². The van der Waals surface area contributed by atoms with E-state index in [9.17, 15) is 24.8 Å². The van der Waals surface area contributed by atoms with Gasteiger partial charge in [0.25, 0.3) is 0 Å². The van der Waals surface area contributed by atoms with Crippen LogP contribution in [-0.2, 0) is 23.9 Å². The van der Waals surface area contributed by atoms with Crippen molar-refractivity contribution in [2.24, 2.45) is 23.2 Å². The van der Waals surface area contributed by atoms with Gasteiger partial charge in [-0.2, -0.15) is 5.26 Å². The summed E-state index contributed by atoms with van der Waals surface area (Å²) in [6.45, 7) is 9.35. The van der Waals surface area contributed by atoms with Crippen molar-refractivity contribution in [2.45, 2.75) is 137 Å². The molecule has 0 aliphatic heterocycles. The number of ether oxygens (including phenoxy) is 2. The average Bonchev–Trinajstić information content (AvgIpc) is 3.14. The van der Waals surface area contributed by atoms with Crippen molar-refractivity contribution in [3.8, 4) is 6.07 Å². The van der Waals surface area contributed by atoms with E-state index >= 15 is 0 Å². The van der Waals surface area contributed by atoms with Gasteiger partial charge in [-0.05, 0) is 23.5 Å². The zero-order valence-corrected chi connectivity index (χ0v) is 32.7. The van der Waals surface area contributed by atoms with Crippen molar-refractivity contribution in [1.29, 1.82) is 5.26 Å². The van der Waals surface area contributed by atoms with E-state index in [1.807, 2.05) is 66.7 Å². The van der Waals surface area contributed by atoms with Crippen molar-refractivity contribution in [2.75, 3.05) is 13.2 Å².